The third-order valence-corrected chi connectivity index (χ3v) is 7.06. The summed E-state index contributed by atoms with van der Waals surface area (Å²) >= 11 is 0. The van der Waals surface area contributed by atoms with Gasteiger partial charge >= 0.3 is 0 Å². The van der Waals surface area contributed by atoms with E-state index in [1.807, 2.05) is 40.9 Å². The molecule has 7 nitrogen and oxygen atoms in total. The zero-order valence-corrected chi connectivity index (χ0v) is 19.0. The summed E-state index contributed by atoms with van der Waals surface area (Å²) in [7, 11) is 1.68. The van der Waals surface area contributed by atoms with Gasteiger partial charge in [-0.05, 0) is 37.3 Å². The highest BCUT2D eigenvalue weighted by atomic mass is 16.5. The van der Waals surface area contributed by atoms with Crippen molar-refractivity contribution >= 4 is 17.2 Å². The Bertz CT molecular complexity index is 1080. The molecule has 1 aromatic carbocycles. The first-order chi connectivity index (χ1) is 15.5. The Kier molecular flexibility index (Phi) is 5.37. The molecular formula is C25H31N5O2. The zero-order chi connectivity index (χ0) is 22.3. The maximum Gasteiger partial charge on any atom is 0.226 e. The number of pyridine rings is 1. The topological polar surface area (TPSA) is 71.8 Å². The Hall–Kier alpha value is -2.93. The highest BCUT2D eigenvalue weighted by Gasteiger charge is 2.66. The van der Waals surface area contributed by atoms with Gasteiger partial charge in [-0.25, -0.2) is 9.50 Å². The molecule has 0 radical (unpaired) electrons. The molecule has 3 aromatic rings. The predicted octanol–water partition coefficient (Wildman–Crippen LogP) is 3.18. The van der Waals surface area contributed by atoms with Gasteiger partial charge in [-0.3, -0.25) is 4.79 Å². The molecule has 4 aliphatic rings. The van der Waals surface area contributed by atoms with Crippen LogP contribution in [-0.4, -0.2) is 47.2 Å². The van der Waals surface area contributed by atoms with Gasteiger partial charge in [-0.1, -0.05) is 43.3 Å². The second kappa shape index (κ2) is 8.20. The minimum atomic E-state index is -0.647. The van der Waals surface area contributed by atoms with Gasteiger partial charge in [0.05, 0.1) is 24.4 Å². The van der Waals surface area contributed by atoms with Crippen LogP contribution in [0.4, 0.5) is 5.69 Å². The molecule has 1 amide bonds. The van der Waals surface area contributed by atoms with Gasteiger partial charge in [0.25, 0.3) is 0 Å². The number of nitrogens with one attached hydrogen (secondary N) is 1. The average Bonchev–Trinajstić information content (AvgIpc) is 3.57. The summed E-state index contributed by atoms with van der Waals surface area (Å²) in [6, 6.07) is 14.2. The molecule has 3 saturated heterocycles. The maximum atomic E-state index is 12.3. The van der Waals surface area contributed by atoms with Crippen molar-refractivity contribution < 1.29 is 9.53 Å². The van der Waals surface area contributed by atoms with Crippen molar-refractivity contribution in [1.29, 1.82) is 0 Å². The molecule has 2 aromatic heterocycles. The zero-order valence-electron chi connectivity index (χ0n) is 19.0. The number of aromatic nitrogens is 3. The lowest BCUT2D eigenvalue weighted by Crippen LogP contribution is -2.53. The minimum Gasteiger partial charge on any atom is -0.370 e. The molecule has 3 aliphatic heterocycles. The van der Waals surface area contributed by atoms with Crippen LogP contribution in [-0.2, 0) is 15.1 Å². The highest BCUT2D eigenvalue weighted by Crippen LogP contribution is 2.59. The van der Waals surface area contributed by atoms with Crippen LogP contribution >= 0.6 is 0 Å². The molecule has 4 atom stereocenters. The first-order valence-corrected chi connectivity index (χ1v) is 11.5. The SMILES string of the molecule is CNC(=O)C1C2COC1(c1nc3c(C)cc(N4CCC(C)C4)cn3n1)C2.c1ccccc1. The lowest BCUT2D eigenvalue weighted by molar-refractivity contribution is -0.142. The maximum absolute atomic E-state index is 12.3. The van der Waals surface area contributed by atoms with Gasteiger partial charge in [-0.15, -0.1) is 5.10 Å². The van der Waals surface area contributed by atoms with Gasteiger partial charge in [0.15, 0.2) is 11.5 Å². The van der Waals surface area contributed by atoms with Crippen LogP contribution in [0.3, 0.4) is 0 Å². The number of benzene rings is 1. The Labute approximate surface area is 188 Å². The molecular weight excluding hydrogens is 402 g/mol. The predicted molar refractivity (Wildman–Crippen MR) is 123 cm³/mol. The Morgan fingerprint density at radius 2 is 1.94 bits per heavy atom. The second-order valence-electron chi connectivity index (χ2n) is 9.34. The van der Waals surface area contributed by atoms with Crippen LogP contribution < -0.4 is 10.2 Å². The van der Waals surface area contributed by atoms with Gasteiger partial charge < -0.3 is 15.0 Å². The van der Waals surface area contributed by atoms with Crippen molar-refractivity contribution in [2.24, 2.45) is 17.8 Å². The number of ether oxygens (including phenoxy) is 1. The molecule has 4 fully saturated rings. The Morgan fingerprint density at radius 3 is 2.53 bits per heavy atom. The van der Waals surface area contributed by atoms with Gasteiger partial charge in [0.2, 0.25) is 5.91 Å². The number of rotatable bonds is 3. The van der Waals surface area contributed by atoms with Crippen molar-refractivity contribution in [3.63, 3.8) is 0 Å². The largest absolute Gasteiger partial charge is 0.370 e. The average molecular weight is 434 g/mol. The normalized spacial score (nSPS) is 28.2. The fourth-order valence-corrected chi connectivity index (χ4v) is 5.33. The lowest BCUT2D eigenvalue weighted by atomic mass is 9.63. The van der Waals surface area contributed by atoms with Crippen LogP contribution in [0.25, 0.3) is 5.65 Å². The summed E-state index contributed by atoms with van der Waals surface area (Å²) in [6.45, 7) is 7.15. The standard InChI is InChI=1S/C19H25N5O2.C6H6/c1-11-4-5-23(8-11)14-6-12(2)16-21-18(22-24(16)9-14)19-7-13(10-26-19)15(19)17(25)20-3;1-2-4-6-5-3-1/h6,9,11,13,15H,4-5,7-8,10H2,1-3H3,(H,20,25);1-6H. The third kappa shape index (κ3) is 3.45. The molecule has 4 unspecified atom stereocenters. The summed E-state index contributed by atoms with van der Waals surface area (Å²) in [5.41, 5.74) is 2.49. The monoisotopic (exact) mass is 433 g/mol. The third-order valence-electron chi connectivity index (χ3n) is 7.06. The van der Waals surface area contributed by atoms with E-state index in [1.165, 1.54) is 12.1 Å². The number of hydrogen-bond acceptors (Lipinski definition) is 5. The number of hydrogen-bond donors (Lipinski definition) is 1. The summed E-state index contributed by atoms with van der Waals surface area (Å²) in [4.78, 5) is 19.5. The molecule has 7 rings (SSSR count). The number of amides is 1. The second-order valence-corrected chi connectivity index (χ2v) is 9.34. The highest BCUT2D eigenvalue weighted by molar-refractivity contribution is 5.82. The van der Waals surface area contributed by atoms with Crippen molar-refractivity contribution in [3.8, 4) is 0 Å². The molecule has 7 heteroatoms. The van der Waals surface area contributed by atoms with E-state index in [0.717, 1.165) is 36.6 Å². The summed E-state index contributed by atoms with van der Waals surface area (Å²) < 4.78 is 7.91. The van der Waals surface area contributed by atoms with E-state index < -0.39 is 5.60 Å². The van der Waals surface area contributed by atoms with Crippen LogP contribution in [0.1, 0.15) is 31.2 Å². The molecule has 1 aliphatic carbocycles. The Morgan fingerprint density at radius 1 is 1.22 bits per heavy atom. The van der Waals surface area contributed by atoms with E-state index in [4.69, 9.17) is 14.8 Å². The molecule has 5 heterocycles. The summed E-state index contributed by atoms with van der Waals surface area (Å²) in [5.74, 6) is 1.51. The molecule has 0 spiro atoms. The van der Waals surface area contributed by atoms with Crippen molar-refractivity contribution in [1.82, 2.24) is 19.9 Å². The summed E-state index contributed by atoms with van der Waals surface area (Å²) in [6.07, 6.45) is 4.12. The van der Waals surface area contributed by atoms with E-state index >= 15 is 0 Å². The van der Waals surface area contributed by atoms with Crippen molar-refractivity contribution in [2.75, 3.05) is 31.6 Å². The number of nitrogens with zero attached hydrogens (tertiary/aromatic N) is 4. The van der Waals surface area contributed by atoms with Crippen LogP contribution in [0.15, 0.2) is 48.7 Å². The molecule has 1 N–H and O–H groups in total. The van der Waals surface area contributed by atoms with Crippen LogP contribution in [0.2, 0.25) is 0 Å². The quantitative estimate of drug-likeness (QED) is 0.687. The van der Waals surface area contributed by atoms with Crippen LogP contribution in [0, 0.1) is 24.7 Å². The van der Waals surface area contributed by atoms with E-state index in [0.29, 0.717) is 12.4 Å². The smallest absolute Gasteiger partial charge is 0.226 e. The van der Waals surface area contributed by atoms with E-state index in [1.54, 1.807) is 7.05 Å². The molecule has 1 saturated carbocycles. The number of anilines is 1. The fourth-order valence-electron chi connectivity index (χ4n) is 5.33. The van der Waals surface area contributed by atoms with Crippen molar-refractivity contribution in [3.05, 3.63) is 60.0 Å². The molecule has 2 bridgehead atoms. The van der Waals surface area contributed by atoms with E-state index in [-0.39, 0.29) is 17.7 Å². The van der Waals surface area contributed by atoms with Crippen LogP contribution in [0.5, 0.6) is 0 Å². The van der Waals surface area contributed by atoms with Gasteiger partial charge in [0, 0.05) is 26.1 Å². The van der Waals surface area contributed by atoms with Gasteiger partial charge in [-0.2, -0.15) is 0 Å². The van der Waals surface area contributed by atoms with Gasteiger partial charge in [0.1, 0.15) is 5.60 Å². The molecule has 32 heavy (non-hydrogen) atoms. The number of carbonyl (C=O) groups excluding carboxylic acids is 1. The minimum absolute atomic E-state index is 0.0288. The number of carbonyl (C=O) groups is 1. The first-order valence-electron chi connectivity index (χ1n) is 11.5. The lowest BCUT2D eigenvalue weighted by Gasteiger charge is -2.41. The van der Waals surface area contributed by atoms with E-state index in [9.17, 15) is 4.79 Å². The molecule has 168 valence electrons. The number of aryl methyl sites for hydroxylation is 1. The number of fused-ring (bicyclic) bond motifs is 2. The fraction of sp³-hybridized carbons (Fsp3) is 0.480. The van der Waals surface area contributed by atoms with Crippen molar-refractivity contribution in [2.45, 2.75) is 32.3 Å². The first kappa shape index (κ1) is 20.9. The summed E-state index contributed by atoms with van der Waals surface area (Å²) in [5, 5.41) is 7.53. The van der Waals surface area contributed by atoms with E-state index in [2.05, 4.69) is 36.3 Å². The Balaban J connectivity index is 0.000000314.